The van der Waals surface area contributed by atoms with E-state index in [0.717, 1.165) is 0 Å². The highest BCUT2D eigenvalue weighted by Crippen LogP contribution is 2.26. The molecule has 0 aromatic rings. The molecule has 1 unspecified atom stereocenters. The Morgan fingerprint density at radius 1 is 0.816 bits per heavy atom. The van der Waals surface area contributed by atoms with Crippen LogP contribution >= 0.6 is 0 Å². The zero-order chi connectivity index (χ0) is 28.9. The van der Waals surface area contributed by atoms with E-state index in [9.17, 15) is 61.0 Å². The van der Waals surface area contributed by atoms with Gasteiger partial charge in [0.05, 0.1) is 26.0 Å². The van der Waals surface area contributed by atoms with Crippen molar-refractivity contribution in [1.29, 1.82) is 0 Å². The van der Waals surface area contributed by atoms with Crippen LogP contribution in [0, 0.1) is 0 Å². The van der Waals surface area contributed by atoms with Crippen molar-refractivity contribution in [2.24, 2.45) is 5.73 Å². The Hall–Kier alpha value is -1.17. The number of ether oxygens (including phenoxy) is 4. The molecule has 18 heteroatoms. The second kappa shape index (κ2) is 14.5. The molecule has 0 aromatic heterocycles. The van der Waals surface area contributed by atoms with Crippen molar-refractivity contribution in [2.75, 3.05) is 19.8 Å². The molecule has 0 spiro atoms. The summed E-state index contributed by atoms with van der Waals surface area (Å²) < 4.78 is 20.9. The summed E-state index contributed by atoms with van der Waals surface area (Å²) in [4.78, 5) is 11.7. The third kappa shape index (κ3) is 7.95. The van der Waals surface area contributed by atoms with Crippen molar-refractivity contribution in [3.63, 3.8) is 0 Å². The molecule has 1 amide bonds. The molecular weight excluding hydrogens is 524 g/mol. The van der Waals surface area contributed by atoms with E-state index in [2.05, 4.69) is 5.32 Å². The molecule has 2 saturated heterocycles. The van der Waals surface area contributed by atoms with Gasteiger partial charge < -0.3 is 86.2 Å². The van der Waals surface area contributed by atoms with Gasteiger partial charge in [-0.1, -0.05) is 0 Å². The minimum Gasteiger partial charge on any atom is -0.394 e. The molecule has 0 aromatic carbocycles. The predicted molar refractivity (Wildman–Crippen MR) is 118 cm³/mol. The van der Waals surface area contributed by atoms with E-state index in [4.69, 9.17) is 24.7 Å². The maximum Gasteiger partial charge on any atom is 0.252 e. The average molecular weight is 563 g/mol. The van der Waals surface area contributed by atoms with Gasteiger partial charge in [0, 0.05) is 0 Å². The van der Waals surface area contributed by atoms with E-state index in [-0.39, 0.29) is 0 Å². The second-order valence-electron chi connectivity index (χ2n) is 9.17. The highest BCUT2D eigenvalue weighted by molar-refractivity contribution is 5.81. The first-order chi connectivity index (χ1) is 17.7. The van der Waals surface area contributed by atoms with Crippen LogP contribution in [-0.4, -0.2) is 174 Å². The van der Waals surface area contributed by atoms with Gasteiger partial charge in [-0.05, 0) is 6.92 Å². The van der Waals surface area contributed by atoms with Crippen LogP contribution in [0.3, 0.4) is 0 Å². The lowest BCUT2D eigenvalue weighted by Crippen LogP contribution is -2.62. The van der Waals surface area contributed by atoms with Gasteiger partial charge in [-0.25, -0.2) is 0 Å². The summed E-state index contributed by atoms with van der Waals surface area (Å²) >= 11 is 0. The summed E-state index contributed by atoms with van der Waals surface area (Å²) in [5.74, 6) is -1.12. The predicted octanol–water partition coefficient (Wildman–Crippen LogP) is -8.51. The van der Waals surface area contributed by atoms with Gasteiger partial charge in [0.2, 0.25) is 0 Å². The largest absolute Gasteiger partial charge is 0.394 e. The van der Waals surface area contributed by atoms with Gasteiger partial charge in [0.15, 0.2) is 18.7 Å². The van der Waals surface area contributed by atoms with E-state index in [1.807, 2.05) is 0 Å². The van der Waals surface area contributed by atoms with E-state index < -0.39 is 118 Å². The summed E-state index contributed by atoms with van der Waals surface area (Å²) in [7, 11) is 0. The van der Waals surface area contributed by atoms with E-state index >= 15 is 0 Å². The fourth-order valence-corrected chi connectivity index (χ4v) is 3.76. The molecule has 2 aliphatic rings. The molecule has 2 heterocycles. The minimum absolute atomic E-state index is 0.627. The molecule has 0 saturated carbocycles. The van der Waals surface area contributed by atoms with Crippen LogP contribution in [0.2, 0.25) is 0 Å². The van der Waals surface area contributed by atoms with Crippen LogP contribution in [0.1, 0.15) is 6.92 Å². The number of hydrogen-bond donors (Lipinski definition) is 13. The number of amides is 1. The Balaban J connectivity index is 1.95. The Labute approximate surface area is 216 Å². The van der Waals surface area contributed by atoms with Crippen LogP contribution in [0.5, 0.6) is 0 Å². The van der Waals surface area contributed by atoms with Crippen molar-refractivity contribution in [1.82, 2.24) is 5.32 Å². The third-order valence-corrected chi connectivity index (χ3v) is 6.08. The zero-order valence-corrected chi connectivity index (χ0v) is 20.3. The van der Waals surface area contributed by atoms with Crippen molar-refractivity contribution < 1.29 is 79.9 Å². The number of carbonyl (C=O) groups excluding carboxylic acids is 1. The summed E-state index contributed by atoms with van der Waals surface area (Å²) in [6.45, 7) is -0.826. The van der Waals surface area contributed by atoms with Crippen LogP contribution < -0.4 is 11.1 Å². The highest BCUT2D eigenvalue weighted by atomic mass is 16.7. The smallest absolute Gasteiger partial charge is 0.252 e. The first-order valence-electron chi connectivity index (χ1n) is 11.7. The van der Waals surface area contributed by atoms with E-state index in [1.54, 1.807) is 0 Å². The van der Waals surface area contributed by atoms with Gasteiger partial charge in [0.1, 0.15) is 67.1 Å². The average Bonchev–Trinajstić information content (AvgIpc) is 2.88. The Morgan fingerprint density at radius 2 is 1.32 bits per heavy atom. The monoisotopic (exact) mass is 562 g/mol. The van der Waals surface area contributed by atoms with Crippen LogP contribution in [-0.2, 0) is 23.7 Å². The molecule has 38 heavy (non-hydrogen) atoms. The Morgan fingerprint density at radius 3 is 1.84 bits per heavy atom. The standard InChI is InChI=1S/C20H38N2O16/c1-5(21)22-18(34)15(31)12(28)9(25)6(24)3-35-19-17(33)14(30)11(27)8(38-19)4-36-20-16(32)13(29)10(26)7(2-23)37-20/h5-17,19-20,23-33H,2-4,21H2,1H3,(H,22,34)/t5?,6-,7-,8-,9-,10-,11-,12+,13+,14+,15-,16-,17-,19+,20+/m1/s1. The first kappa shape index (κ1) is 33.0. The van der Waals surface area contributed by atoms with Crippen molar-refractivity contribution >= 4 is 5.91 Å². The van der Waals surface area contributed by atoms with Gasteiger partial charge >= 0.3 is 0 Å². The summed E-state index contributed by atoms with van der Waals surface area (Å²) in [5, 5.41) is 112. The third-order valence-electron chi connectivity index (χ3n) is 6.08. The molecular formula is C20H38N2O16. The number of nitrogens with two attached hydrogens (primary N) is 1. The minimum atomic E-state index is -2.17. The summed E-state index contributed by atoms with van der Waals surface area (Å²) in [6, 6.07) is 0. The number of aliphatic hydroxyl groups excluding tert-OH is 11. The lowest BCUT2D eigenvalue weighted by atomic mass is 9.98. The SMILES string of the molecule is CC(N)NC(=O)[C@H](O)[C@@H](O)[C@H](O)[C@H](O)CO[C@H]1O[C@H](CO[C@H]2O[C@H](CO)[C@@H](O)[C@H](O)[C@H]2O)[C@@H](O)[C@H](O)[C@H]1O. The molecule has 2 rings (SSSR count). The lowest BCUT2D eigenvalue weighted by Gasteiger charge is -2.42. The number of hydrogen-bond acceptors (Lipinski definition) is 17. The molecule has 15 atom stereocenters. The maximum atomic E-state index is 11.7. The topological polar surface area (TPSA) is 315 Å². The fraction of sp³-hybridized carbons (Fsp3) is 0.950. The summed E-state index contributed by atoms with van der Waals surface area (Å²) in [5.41, 5.74) is 5.35. The molecule has 2 aliphatic heterocycles. The number of rotatable bonds is 12. The van der Waals surface area contributed by atoms with Crippen LogP contribution in [0.25, 0.3) is 0 Å². The second-order valence-corrected chi connectivity index (χ2v) is 9.17. The zero-order valence-electron chi connectivity index (χ0n) is 20.3. The molecule has 0 radical (unpaired) electrons. The maximum absolute atomic E-state index is 11.7. The van der Waals surface area contributed by atoms with Gasteiger partial charge in [0.25, 0.3) is 5.91 Å². The van der Waals surface area contributed by atoms with Crippen molar-refractivity contribution in [2.45, 2.75) is 98.9 Å². The van der Waals surface area contributed by atoms with Crippen molar-refractivity contribution in [3.05, 3.63) is 0 Å². The number of nitrogens with one attached hydrogen (secondary N) is 1. The molecule has 18 nitrogen and oxygen atoms in total. The normalized spacial score (nSPS) is 40.1. The first-order valence-corrected chi connectivity index (χ1v) is 11.7. The Bertz CT molecular complexity index is 733. The highest BCUT2D eigenvalue weighted by Gasteiger charge is 2.48. The molecule has 224 valence electrons. The van der Waals surface area contributed by atoms with E-state index in [0.29, 0.717) is 0 Å². The molecule has 0 aliphatic carbocycles. The van der Waals surface area contributed by atoms with Crippen molar-refractivity contribution in [3.8, 4) is 0 Å². The summed E-state index contributed by atoms with van der Waals surface area (Å²) in [6.07, 6.45) is -25.9. The Kier molecular flexibility index (Phi) is 12.6. The van der Waals surface area contributed by atoms with Crippen LogP contribution in [0.4, 0.5) is 0 Å². The quantitative estimate of drug-likeness (QED) is 0.0982. The van der Waals surface area contributed by atoms with Gasteiger partial charge in [-0.2, -0.15) is 0 Å². The van der Waals surface area contributed by atoms with Gasteiger partial charge in [-0.3, -0.25) is 4.79 Å². The lowest BCUT2D eigenvalue weighted by molar-refractivity contribution is -0.333. The number of carbonyl (C=O) groups is 1. The molecule has 14 N–H and O–H groups in total. The molecule has 2 fully saturated rings. The number of aliphatic hydroxyl groups is 11. The fourth-order valence-electron chi connectivity index (χ4n) is 3.76. The molecule has 0 bridgehead atoms. The van der Waals surface area contributed by atoms with E-state index in [1.165, 1.54) is 6.92 Å². The van der Waals surface area contributed by atoms with Crippen LogP contribution in [0.15, 0.2) is 0 Å². The van der Waals surface area contributed by atoms with Gasteiger partial charge in [-0.15, -0.1) is 0 Å².